The van der Waals surface area contributed by atoms with Crippen LogP contribution in [-0.4, -0.2) is 21.4 Å². The van der Waals surface area contributed by atoms with Gasteiger partial charge < -0.3 is 5.32 Å². The average Bonchev–Trinajstić information content (AvgIpc) is 2.41. The van der Waals surface area contributed by atoms with Crippen molar-refractivity contribution in [3.05, 3.63) is 45.8 Å². The Kier molecular flexibility index (Phi) is 3.93. The number of benzene rings is 1. The quantitative estimate of drug-likeness (QED) is 0.683. The van der Waals surface area contributed by atoms with E-state index in [9.17, 15) is 10.1 Å². The fourth-order valence-corrected chi connectivity index (χ4v) is 2.04. The van der Waals surface area contributed by atoms with Gasteiger partial charge in [0.2, 0.25) is 5.82 Å². The fourth-order valence-electron chi connectivity index (χ4n) is 2.04. The summed E-state index contributed by atoms with van der Waals surface area (Å²) < 4.78 is 0. The Bertz CT molecular complexity index is 656. The molecule has 0 aliphatic carbocycles. The van der Waals surface area contributed by atoms with Crippen LogP contribution in [0.1, 0.15) is 18.1 Å². The lowest BCUT2D eigenvalue weighted by Gasteiger charge is -2.09. The average molecular weight is 272 g/mol. The van der Waals surface area contributed by atoms with E-state index in [2.05, 4.69) is 15.3 Å². The van der Waals surface area contributed by atoms with Gasteiger partial charge in [0.1, 0.15) is 6.33 Å². The topological polar surface area (TPSA) is 81.0 Å². The van der Waals surface area contributed by atoms with Gasteiger partial charge in [0.25, 0.3) is 0 Å². The van der Waals surface area contributed by atoms with Crippen LogP contribution in [0.3, 0.4) is 0 Å². The number of aryl methyl sites for hydroxylation is 2. The molecule has 6 heteroatoms. The fraction of sp³-hybridized carbons (Fsp3) is 0.286. The second kappa shape index (κ2) is 5.64. The Labute approximate surface area is 117 Å². The van der Waals surface area contributed by atoms with Gasteiger partial charge in [-0.05, 0) is 32.4 Å². The molecule has 0 radical (unpaired) electrons. The van der Waals surface area contributed by atoms with Crippen molar-refractivity contribution in [2.45, 2.75) is 20.8 Å². The normalized spacial score (nSPS) is 10.3. The van der Waals surface area contributed by atoms with Gasteiger partial charge in [-0.1, -0.05) is 17.7 Å². The molecule has 104 valence electrons. The molecule has 0 unspecified atom stereocenters. The molecule has 1 N–H and O–H groups in total. The zero-order valence-electron chi connectivity index (χ0n) is 11.7. The van der Waals surface area contributed by atoms with Crippen molar-refractivity contribution in [3.8, 4) is 11.3 Å². The van der Waals surface area contributed by atoms with Gasteiger partial charge in [-0.3, -0.25) is 10.1 Å². The molecule has 0 atom stereocenters. The van der Waals surface area contributed by atoms with Gasteiger partial charge in [-0.25, -0.2) is 9.97 Å². The van der Waals surface area contributed by atoms with Crippen LogP contribution in [0.25, 0.3) is 11.3 Å². The maximum absolute atomic E-state index is 11.4. The summed E-state index contributed by atoms with van der Waals surface area (Å²) in [7, 11) is 0. The third kappa shape index (κ3) is 2.59. The molecule has 0 fully saturated rings. The minimum absolute atomic E-state index is 0.0805. The maximum atomic E-state index is 11.4. The van der Waals surface area contributed by atoms with Crippen molar-refractivity contribution >= 4 is 11.5 Å². The summed E-state index contributed by atoms with van der Waals surface area (Å²) in [5.74, 6) is 0.253. The number of hydrogen-bond acceptors (Lipinski definition) is 5. The summed E-state index contributed by atoms with van der Waals surface area (Å²) in [4.78, 5) is 19.0. The highest BCUT2D eigenvalue weighted by atomic mass is 16.6. The first-order valence-electron chi connectivity index (χ1n) is 6.35. The van der Waals surface area contributed by atoms with Gasteiger partial charge in [-0.15, -0.1) is 0 Å². The van der Waals surface area contributed by atoms with Crippen LogP contribution < -0.4 is 5.32 Å². The first kappa shape index (κ1) is 13.9. The van der Waals surface area contributed by atoms with Crippen molar-refractivity contribution in [2.24, 2.45) is 0 Å². The number of nitrogens with one attached hydrogen (secondary N) is 1. The summed E-state index contributed by atoms with van der Waals surface area (Å²) in [6.07, 6.45) is 1.35. The Morgan fingerprint density at radius 2 is 2.05 bits per heavy atom. The van der Waals surface area contributed by atoms with Gasteiger partial charge in [0.05, 0.1) is 4.92 Å². The molecule has 0 aliphatic heterocycles. The monoisotopic (exact) mass is 272 g/mol. The second-order valence-electron chi connectivity index (χ2n) is 4.53. The summed E-state index contributed by atoms with van der Waals surface area (Å²) in [6, 6.07) is 5.81. The second-order valence-corrected chi connectivity index (χ2v) is 4.53. The van der Waals surface area contributed by atoms with Crippen molar-refractivity contribution in [3.63, 3.8) is 0 Å². The molecule has 0 aliphatic rings. The number of nitro groups is 1. The van der Waals surface area contributed by atoms with Gasteiger partial charge in [-0.2, -0.15) is 0 Å². The molecule has 1 heterocycles. The first-order chi connectivity index (χ1) is 9.54. The van der Waals surface area contributed by atoms with Crippen molar-refractivity contribution in [2.75, 3.05) is 11.9 Å². The van der Waals surface area contributed by atoms with Gasteiger partial charge in [0, 0.05) is 12.1 Å². The summed E-state index contributed by atoms with van der Waals surface area (Å²) >= 11 is 0. The molecule has 0 amide bonds. The smallest absolute Gasteiger partial charge is 0.337 e. The predicted octanol–water partition coefficient (Wildman–Crippen LogP) is 3.10. The van der Waals surface area contributed by atoms with Crippen molar-refractivity contribution < 1.29 is 4.92 Å². The lowest BCUT2D eigenvalue weighted by Crippen LogP contribution is -2.06. The van der Waals surface area contributed by atoms with Crippen LogP contribution >= 0.6 is 0 Å². The number of anilines is 1. The van der Waals surface area contributed by atoms with Crippen molar-refractivity contribution in [1.29, 1.82) is 0 Å². The Balaban J connectivity index is 2.70. The van der Waals surface area contributed by atoms with Gasteiger partial charge in [0.15, 0.2) is 5.69 Å². The maximum Gasteiger partial charge on any atom is 0.337 e. The lowest BCUT2D eigenvalue weighted by atomic mass is 10.0. The van der Waals surface area contributed by atoms with E-state index in [1.165, 1.54) is 6.33 Å². The van der Waals surface area contributed by atoms with E-state index in [-0.39, 0.29) is 11.5 Å². The summed E-state index contributed by atoms with van der Waals surface area (Å²) in [5, 5.41) is 14.3. The number of rotatable bonds is 4. The molecule has 20 heavy (non-hydrogen) atoms. The molecule has 1 aromatic carbocycles. The summed E-state index contributed by atoms with van der Waals surface area (Å²) in [6.45, 7) is 6.28. The highest BCUT2D eigenvalue weighted by Crippen LogP contribution is 2.34. The van der Waals surface area contributed by atoms with E-state index in [0.29, 0.717) is 12.2 Å². The van der Waals surface area contributed by atoms with E-state index in [0.717, 1.165) is 16.7 Å². The molecular formula is C14H16N4O2. The third-order valence-electron chi connectivity index (χ3n) is 3.00. The van der Waals surface area contributed by atoms with Gasteiger partial charge >= 0.3 is 5.69 Å². The van der Waals surface area contributed by atoms with E-state index >= 15 is 0 Å². The van der Waals surface area contributed by atoms with Crippen LogP contribution in [0.4, 0.5) is 11.5 Å². The number of nitrogens with zero attached hydrogens (tertiary/aromatic N) is 3. The molecule has 1 aromatic heterocycles. The zero-order valence-corrected chi connectivity index (χ0v) is 11.7. The largest absolute Gasteiger partial charge is 0.365 e. The Hall–Kier alpha value is -2.50. The number of hydrogen-bond donors (Lipinski definition) is 1. The lowest BCUT2D eigenvalue weighted by molar-refractivity contribution is -0.383. The highest BCUT2D eigenvalue weighted by molar-refractivity contribution is 5.78. The van der Waals surface area contributed by atoms with E-state index < -0.39 is 4.92 Å². The first-order valence-corrected chi connectivity index (χ1v) is 6.35. The van der Waals surface area contributed by atoms with Crippen LogP contribution in [-0.2, 0) is 0 Å². The van der Waals surface area contributed by atoms with Crippen molar-refractivity contribution in [1.82, 2.24) is 9.97 Å². The van der Waals surface area contributed by atoms with E-state index in [1.807, 2.05) is 39.0 Å². The van der Waals surface area contributed by atoms with E-state index in [4.69, 9.17) is 0 Å². The molecule has 0 bridgehead atoms. The molecule has 0 saturated carbocycles. The highest BCUT2D eigenvalue weighted by Gasteiger charge is 2.24. The Morgan fingerprint density at radius 1 is 1.30 bits per heavy atom. The zero-order chi connectivity index (χ0) is 14.7. The van der Waals surface area contributed by atoms with E-state index in [1.54, 1.807) is 0 Å². The standard InChI is InChI=1S/C14H16N4O2/c1-4-15-14-13(18(19)20)12(16-8-17-14)11-7-9(2)5-6-10(11)3/h5-8H,4H2,1-3H3,(H,15,16,17). The summed E-state index contributed by atoms with van der Waals surface area (Å²) in [5.41, 5.74) is 3.01. The minimum atomic E-state index is -0.435. The number of aromatic nitrogens is 2. The molecular weight excluding hydrogens is 256 g/mol. The molecule has 2 rings (SSSR count). The van der Waals surface area contributed by atoms with Crippen LogP contribution in [0, 0.1) is 24.0 Å². The Morgan fingerprint density at radius 3 is 2.70 bits per heavy atom. The molecule has 6 nitrogen and oxygen atoms in total. The molecule has 2 aromatic rings. The van der Waals surface area contributed by atoms with Crippen LogP contribution in [0.2, 0.25) is 0 Å². The van der Waals surface area contributed by atoms with Crippen LogP contribution in [0.5, 0.6) is 0 Å². The SMILES string of the molecule is CCNc1ncnc(-c2cc(C)ccc2C)c1[N+](=O)[O-]. The molecule has 0 spiro atoms. The van der Waals surface area contributed by atoms with Crippen LogP contribution in [0.15, 0.2) is 24.5 Å². The minimum Gasteiger partial charge on any atom is -0.365 e. The predicted molar refractivity (Wildman–Crippen MR) is 77.8 cm³/mol. The molecule has 0 saturated heterocycles. The third-order valence-corrected chi connectivity index (χ3v) is 3.00.